The molecule has 0 amide bonds. The third kappa shape index (κ3) is 3.05. The van der Waals surface area contributed by atoms with E-state index in [2.05, 4.69) is 15.9 Å². The molecular weight excluding hydrogens is 296 g/mol. The fourth-order valence-corrected chi connectivity index (χ4v) is 2.63. The zero-order valence-corrected chi connectivity index (χ0v) is 11.3. The first kappa shape index (κ1) is 13.2. The van der Waals surface area contributed by atoms with Gasteiger partial charge in [-0.3, -0.25) is 0 Å². The van der Waals surface area contributed by atoms with E-state index in [1.54, 1.807) is 19.9 Å². The zero-order valence-electron chi connectivity index (χ0n) is 8.91. The minimum Gasteiger partial charge on any atom is -0.462 e. The van der Waals surface area contributed by atoms with E-state index in [-0.39, 0.29) is 0 Å². The van der Waals surface area contributed by atoms with Crippen molar-refractivity contribution in [2.45, 2.75) is 13.8 Å². The molecule has 1 aromatic heterocycles. The van der Waals surface area contributed by atoms with Crippen LogP contribution in [0.4, 0.5) is 0 Å². The van der Waals surface area contributed by atoms with Gasteiger partial charge in [-0.2, -0.15) is 0 Å². The van der Waals surface area contributed by atoms with Gasteiger partial charge < -0.3 is 9.47 Å². The Bertz CT molecular complexity index is 400. The largest absolute Gasteiger partial charge is 0.462 e. The van der Waals surface area contributed by atoms with Crippen LogP contribution in [0.5, 0.6) is 0 Å². The lowest BCUT2D eigenvalue weighted by Gasteiger charge is -1.98. The maximum absolute atomic E-state index is 11.5. The number of hydrogen-bond donors (Lipinski definition) is 0. The maximum atomic E-state index is 11.5. The van der Waals surface area contributed by atoms with Gasteiger partial charge in [-0.05, 0) is 35.8 Å². The summed E-state index contributed by atoms with van der Waals surface area (Å²) in [4.78, 5) is 23.6. The molecule has 0 aromatic carbocycles. The van der Waals surface area contributed by atoms with Gasteiger partial charge in [0.1, 0.15) is 9.75 Å². The monoisotopic (exact) mass is 306 g/mol. The fraction of sp³-hybridized carbons (Fsp3) is 0.400. The Hall–Kier alpha value is -0.880. The summed E-state index contributed by atoms with van der Waals surface area (Å²) in [7, 11) is 0. The number of thiophene rings is 1. The number of rotatable bonds is 4. The second kappa shape index (κ2) is 6.00. The van der Waals surface area contributed by atoms with Gasteiger partial charge in [0, 0.05) is 4.47 Å². The van der Waals surface area contributed by atoms with E-state index < -0.39 is 11.9 Å². The van der Waals surface area contributed by atoms with Gasteiger partial charge in [0.05, 0.1) is 13.2 Å². The van der Waals surface area contributed by atoms with Gasteiger partial charge in [-0.15, -0.1) is 11.3 Å². The van der Waals surface area contributed by atoms with Gasteiger partial charge in [-0.1, -0.05) is 0 Å². The normalized spacial score (nSPS) is 9.94. The molecule has 0 saturated carbocycles. The quantitative estimate of drug-likeness (QED) is 0.803. The van der Waals surface area contributed by atoms with E-state index in [1.807, 2.05) is 0 Å². The Morgan fingerprint density at radius 1 is 1.25 bits per heavy atom. The molecule has 0 N–H and O–H groups in total. The first-order valence-corrected chi connectivity index (χ1v) is 6.34. The maximum Gasteiger partial charge on any atom is 0.349 e. The molecule has 6 heteroatoms. The molecule has 1 aromatic rings. The van der Waals surface area contributed by atoms with Crippen LogP contribution in [0.3, 0.4) is 0 Å². The number of hydrogen-bond acceptors (Lipinski definition) is 5. The summed E-state index contributed by atoms with van der Waals surface area (Å²) in [6, 6.07) is 1.56. The second-order valence-corrected chi connectivity index (χ2v) is 4.64. The van der Waals surface area contributed by atoms with E-state index in [9.17, 15) is 9.59 Å². The van der Waals surface area contributed by atoms with Crippen molar-refractivity contribution in [2.24, 2.45) is 0 Å². The van der Waals surface area contributed by atoms with Crippen LogP contribution in [0, 0.1) is 0 Å². The van der Waals surface area contributed by atoms with Crippen molar-refractivity contribution < 1.29 is 19.1 Å². The smallest absolute Gasteiger partial charge is 0.349 e. The van der Waals surface area contributed by atoms with E-state index in [0.717, 1.165) is 11.3 Å². The molecule has 0 aliphatic carbocycles. The number of carbonyl (C=O) groups excluding carboxylic acids is 2. The van der Waals surface area contributed by atoms with Crippen molar-refractivity contribution in [3.63, 3.8) is 0 Å². The van der Waals surface area contributed by atoms with Crippen LogP contribution < -0.4 is 0 Å². The summed E-state index contributed by atoms with van der Waals surface area (Å²) in [6.07, 6.45) is 0. The summed E-state index contributed by atoms with van der Waals surface area (Å²) in [5.74, 6) is -0.862. The Labute approximate surface area is 106 Å². The molecule has 0 saturated heterocycles. The third-order valence-corrected chi connectivity index (χ3v) is 3.61. The average Bonchev–Trinajstić information content (AvgIpc) is 2.61. The Kier molecular flexibility index (Phi) is 4.95. The summed E-state index contributed by atoms with van der Waals surface area (Å²) in [6.45, 7) is 4.07. The van der Waals surface area contributed by atoms with Crippen LogP contribution in [0.2, 0.25) is 0 Å². The zero-order chi connectivity index (χ0) is 12.1. The highest BCUT2D eigenvalue weighted by atomic mass is 79.9. The van der Waals surface area contributed by atoms with Crippen LogP contribution in [-0.4, -0.2) is 25.2 Å². The SMILES string of the molecule is CCOC(=O)c1cc(Br)c(C(=O)OCC)s1. The number of ether oxygens (including phenoxy) is 2. The average molecular weight is 307 g/mol. The van der Waals surface area contributed by atoms with Crippen LogP contribution in [0.25, 0.3) is 0 Å². The predicted molar refractivity (Wildman–Crippen MR) is 63.9 cm³/mol. The number of esters is 2. The number of carbonyl (C=O) groups is 2. The topological polar surface area (TPSA) is 52.6 Å². The van der Waals surface area contributed by atoms with Crippen molar-refractivity contribution >= 4 is 39.2 Å². The van der Waals surface area contributed by atoms with E-state index in [1.165, 1.54) is 0 Å². The van der Waals surface area contributed by atoms with Crippen molar-refractivity contribution in [3.8, 4) is 0 Å². The van der Waals surface area contributed by atoms with Gasteiger partial charge in [0.15, 0.2) is 0 Å². The fourth-order valence-electron chi connectivity index (χ4n) is 1.01. The Balaban J connectivity index is 2.89. The van der Waals surface area contributed by atoms with Crippen molar-refractivity contribution in [1.82, 2.24) is 0 Å². The molecular formula is C10H11BrO4S. The minimum absolute atomic E-state index is 0.303. The second-order valence-electron chi connectivity index (χ2n) is 2.73. The van der Waals surface area contributed by atoms with Gasteiger partial charge >= 0.3 is 11.9 Å². The molecule has 4 nitrogen and oxygen atoms in total. The molecule has 1 rings (SSSR count). The van der Waals surface area contributed by atoms with Crippen molar-refractivity contribution in [2.75, 3.05) is 13.2 Å². The molecule has 0 unspecified atom stereocenters. The molecule has 88 valence electrons. The molecule has 0 bridgehead atoms. The Morgan fingerprint density at radius 3 is 2.38 bits per heavy atom. The summed E-state index contributed by atoms with van der Waals surface area (Å²) >= 11 is 4.27. The molecule has 16 heavy (non-hydrogen) atoms. The first-order valence-electron chi connectivity index (χ1n) is 4.73. The van der Waals surface area contributed by atoms with Crippen LogP contribution in [0.1, 0.15) is 33.2 Å². The van der Waals surface area contributed by atoms with Gasteiger partial charge in [0.25, 0.3) is 0 Å². The lowest BCUT2D eigenvalue weighted by atomic mass is 10.4. The molecule has 0 aliphatic rings. The highest BCUT2D eigenvalue weighted by Crippen LogP contribution is 2.28. The Morgan fingerprint density at radius 2 is 1.81 bits per heavy atom. The molecule has 0 aliphatic heterocycles. The summed E-state index contributed by atoms with van der Waals surface area (Å²) in [5, 5.41) is 0. The standard InChI is InChI=1S/C10H11BrO4S/c1-3-14-9(12)7-5-6(11)8(16-7)10(13)15-4-2/h5H,3-4H2,1-2H3. The molecule has 1 heterocycles. The van der Waals surface area contributed by atoms with Crippen molar-refractivity contribution in [3.05, 3.63) is 20.3 Å². The molecule has 0 atom stereocenters. The van der Waals surface area contributed by atoms with E-state index in [0.29, 0.717) is 27.4 Å². The summed E-state index contributed by atoms with van der Waals surface area (Å²) < 4.78 is 10.2. The first-order chi connectivity index (χ1) is 7.60. The minimum atomic E-state index is -0.435. The lowest BCUT2D eigenvalue weighted by molar-refractivity contribution is 0.0523. The highest BCUT2D eigenvalue weighted by Gasteiger charge is 2.19. The van der Waals surface area contributed by atoms with Gasteiger partial charge in [-0.25, -0.2) is 9.59 Å². The molecule has 0 spiro atoms. The van der Waals surface area contributed by atoms with E-state index >= 15 is 0 Å². The summed E-state index contributed by atoms with van der Waals surface area (Å²) in [5.41, 5.74) is 0. The third-order valence-electron chi connectivity index (χ3n) is 1.62. The number of halogens is 1. The van der Waals surface area contributed by atoms with Crippen LogP contribution >= 0.6 is 27.3 Å². The van der Waals surface area contributed by atoms with Crippen LogP contribution in [-0.2, 0) is 9.47 Å². The highest BCUT2D eigenvalue weighted by molar-refractivity contribution is 9.10. The van der Waals surface area contributed by atoms with Crippen LogP contribution in [0.15, 0.2) is 10.5 Å². The van der Waals surface area contributed by atoms with Gasteiger partial charge in [0.2, 0.25) is 0 Å². The van der Waals surface area contributed by atoms with E-state index in [4.69, 9.17) is 9.47 Å². The molecule has 0 radical (unpaired) electrons. The molecule has 0 fully saturated rings. The predicted octanol–water partition coefficient (Wildman–Crippen LogP) is 2.86. The van der Waals surface area contributed by atoms with Crippen molar-refractivity contribution in [1.29, 1.82) is 0 Å². The lowest BCUT2D eigenvalue weighted by Crippen LogP contribution is -2.03.